The molecular weight excluding hydrogens is 282 g/mol. The summed E-state index contributed by atoms with van der Waals surface area (Å²) in [5.41, 5.74) is 2.19. The third-order valence-corrected chi connectivity index (χ3v) is 4.49. The van der Waals surface area contributed by atoms with E-state index in [0.717, 1.165) is 17.5 Å². The van der Waals surface area contributed by atoms with Gasteiger partial charge in [0.1, 0.15) is 0 Å². The maximum Gasteiger partial charge on any atom is 0.179 e. The van der Waals surface area contributed by atoms with Gasteiger partial charge in [0.2, 0.25) is 0 Å². The number of pyridine rings is 1. The van der Waals surface area contributed by atoms with E-state index in [0.29, 0.717) is 19.8 Å². The highest BCUT2D eigenvalue weighted by Gasteiger charge is 2.43. The molecule has 1 aromatic heterocycles. The fourth-order valence-corrected chi connectivity index (χ4v) is 3.56. The van der Waals surface area contributed by atoms with Gasteiger partial charge in [0, 0.05) is 26.1 Å². The molecule has 3 rings (SSSR count). The van der Waals surface area contributed by atoms with Crippen LogP contribution in [-0.2, 0) is 14.2 Å². The lowest BCUT2D eigenvalue weighted by molar-refractivity contribution is -0.160. The van der Waals surface area contributed by atoms with Crippen molar-refractivity contribution in [3.63, 3.8) is 0 Å². The van der Waals surface area contributed by atoms with E-state index in [1.54, 1.807) is 18.2 Å². The second-order valence-corrected chi connectivity index (χ2v) is 5.54. The molecule has 1 aromatic rings. The van der Waals surface area contributed by atoms with E-state index < -0.39 is 0 Å². The van der Waals surface area contributed by atoms with Gasteiger partial charge >= 0.3 is 0 Å². The number of nitriles is 1. The minimum Gasteiger partial charge on any atom is -0.378 e. The van der Waals surface area contributed by atoms with Gasteiger partial charge in [0.25, 0.3) is 0 Å². The highest BCUT2D eigenvalue weighted by molar-refractivity contribution is 5.35. The van der Waals surface area contributed by atoms with E-state index in [1.165, 1.54) is 0 Å². The Balaban J connectivity index is 2.11. The topological polar surface area (TPSA) is 67.6 Å². The third kappa shape index (κ3) is 2.56. The minimum atomic E-state index is -0.378. The van der Waals surface area contributed by atoms with Crippen LogP contribution in [0.5, 0.6) is 0 Å². The molecule has 0 aromatic carbocycles. The van der Waals surface area contributed by atoms with Gasteiger partial charge in [-0.25, -0.2) is 0 Å². The van der Waals surface area contributed by atoms with Gasteiger partial charge in [-0.2, -0.15) is 5.26 Å². The molecule has 22 heavy (non-hydrogen) atoms. The smallest absolute Gasteiger partial charge is 0.179 e. The highest BCUT2D eigenvalue weighted by Crippen LogP contribution is 2.44. The van der Waals surface area contributed by atoms with Gasteiger partial charge in [-0.05, 0) is 30.5 Å². The van der Waals surface area contributed by atoms with Crippen LogP contribution in [0, 0.1) is 11.5 Å². The molecule has 0 N–H and O–H groups in total. The molecule has 2 aliphatic rings. The summed E-state index contributed by atoms with van der Waals surface area (Å²) in [5, 5.41) is 9.51. The van der Waals surface area contributed by atoms with Gasteiger partial charge in [0.15, 0.2) is 12.5 Å². The summed E-state index contributed by atoms with van der Waals surface area (Å²) in [6, 6.07) is 1.98. The Kier molecular flexibility index (Phi) is 4.57. The predicted molar refractivity (Wildman–Crippen MR) is 78.8 cm³/mol. The van der Waals surface area contributed by atoms with Gasteiger partial charge in [-0.1, -0.05) is 0 Å². The first-order chi connectivity index (χ1) is 10.8. The van der Waals surface area contributed by atoms with Crippen LogP contribution in [0.15, 0.2) is 18.5 Å². The summed E-state index contributed by atoms with van der Waals surface area (Å²) in [6.07, 6.45) is 6.25. The average molecular weight is 303 g/mol. The van der Waals surface area contributed by atoms with Crippen LogP contribution >= 0.6 is 0 Å². The van der Waals surface area contributed by atoms with Gasteiger partial charge in [-0.15, -0.1) is 0 Å². The van der Waals surface area contributed by atoms with Crippen molar-refractivity contribution in [1.82, 2.24) is 9.88 Å². The van der Waals surface area contributed by atoms with Crippen LogP contribution in [0.4, 0.5) is 0 Å². The molecule has 6 heteroatoms. The zero-order chi connectivity index (χ0) is 15.5. The fraction of sp³-hybridized carbons (Fsp3) is 0.625. The molecule has 0 radical (unpaired) electrons. The lowest BCUT2D eigenvalue weighted by Gasteiger charge is -2.40. The minimum absolute atomic E-state index is 0.00200. The third-order valence-electron chi connectivity index (χ3n) is 4.49. The summed E-state index contributed by atoms with van der Waals surface area (Å²) in [7, 11) is 1.65. The summed E-state index contributed by atoms with van der Waals surface area (Å²) < 4.78 is 17.5. The Morgan fingerprint density at radius 3 is 3.09 bits per heavy atom. The first kappa shape index (κ1) is 15.2. The van der Waals surface area contributed by atoms with Crippen LogP contribution in [0.25, 0.3) is 0 Å². The zero-order valence-corrected chi connectivity index (χ0v) is 12.9. The van der Waals surface area contributed by atoms with Crippen LogP contribution in [0.1, 0.15) is 36.4 Å². The molecular formula is C16H21N3O3. The Hall–Kier alpha value is -1.68. The molecule has 2 heterocycles. The van der Waals surface area contributed by atoms with E-state index in [-0.39, 0.29) is 24.4 Å². The van der Waals surface area contributed by atoms with Crippen molar-refractivity contribution in [1.29, 1.82) is 5.26 Å². The molecule has 0 fully saturated rings. The number of ether oxygens (including phenoxy) is 3. The number of rotatable bonds is 3. The molecule has 0 amide bonds. The van der Waals surface area contributed by atoms with E-state index in [4.69, 9.17) is 14.2 Å². The summed E-state index contributed by atoms with van der Waals surface area (Å²) in [5.74, 6) is -0.00200. The molecule has 0 saturated carbocycles. The first-order valence-electron chi connectivity index (χ1n) is 7.66. The van der Waals surface area contributed by atoms with Crippen molar-refractivity contribution < 1.29 is 14.2 Å². The van der Waals surface area contributed by atoms with Crippen molar-refractivity contribution in [3.8, 4) is 6.19 Å². The molecule has 6 nitrogen and oxygen atoms in total. The monoisotopic (exact) mass is 303 g/mol. The maximum absolute atomic E-state index is 9.51. The van der Waals surface area contributed by atoms with Crippen molar-refractivity contribution in [3.05, 3.63) is 29.6 Å². The number of methoxy groups -OCH3 is 1. The highest BCUT2D eigenvalue weighted by atomic mass is 16.7. The fourth-order valence-electron chi connectivity index (χ4n) is 3.56. The Bertz CT molecular complexity index is 560. The van der Waals surface area contributed by atoms with Crippen molar-refractivity contribution in [2.45, 2.75) is 37.7 Å². The molecule has 2 bridgehead atoms. The van der Waals surface area contributed by atoms with Crippen LogP contribution in [0.3, 0.4) is 0 Å². The first-order valence-corrected chi connectivity index (χ1v) is 7.66. The van der Waals surface area contributed by atoms with Crippen molar-refractivity contribution in [2.75, 3.05) is 26.9 Å². The second-order valence-electron chi connectivity index (χ2n) is 5.54. The predicted octanol–water partition coefficient (Wildman–Crippen LogP) is 1.80. The van der Waals surface area contributed by atoms with E-state index in [2.05, 4.69) is 11.2 Å². The van der Waals surface area contributed by atoms with Crippen molar-refractivity contribution in [2.24, 2.45) is 0 Å². The Morgan fingerprint density at radius 2 is 2.36 bits per heavy atom. The largest absolute Gasteiger partial charge is 0.378 e. The summed E-state index contributed by atoms with van der Waals surface area (Å²) in [4.78, 5) is 6.02. The van der Waals surface area contributed by atoms with Crippen LogP contribution in [0.2, 0.25) is 0 Å². The summed E-state index contributed by atoms with van der Waals surface area (Å²) in [6.45, 7) is 3.61. The molecule has 4 atom stereocenters. The standard InChI is InChI=1S/C16H21N3O3/c1-3-21-14-8-13-12-9-18-5-4-11(12)15(14)16(20-2)22-7-6-19(13)10-17/h4-5,9,13-16H,3,6-8H2,1-2H3/t13-,14-,15-,16?/m0/s1. The number of hydrogen-bond acceptors (Lipinski definition) is 6. The van der Waals surface area contributed by atoms with Crippen LogP contribution < -0.4 is 0 Å². The maximum atomic E-state index is 9.51. The van der Waals surface area contributed by atoms with Crippen molar-refractivity contribution >= 4 is 0 Å². The lowest BCUT2D eigenvalue weighted by Crippen LogP contribution is -2.40. The summed E-state index contributed by atoms with van der Waals surface area (Å²) >= 11 is 0. The van der Waals surface area contributed by atoms with Gasteiger partial charge in [-0.3, -0.25) is 4.98 Å². The zero-order valence-electron chi connectivity index (χ0n) is 12.9. The Morgan fingerprint density at radius 1 is 1.50 bits per heavy atom. The molecule has 1 aliphatic carbocycles. The van der Waals surface area contributed by atoms with Crippen LogP contribution in [-0.4, -0.2) is 49.1 Å². The number of hydrogen-bond donors (Lipinski definition) is 0. The normalized spacial score (nSPS) is 30.9. The van der Waals surface area contributed by atoms with Gasteiger partial charge in [0.05, 0.1) is 31.2 Å². The van der Waals surface area contributed by atoms with Gasteiger partial charge < -0.3 is 19.1 Å². The molecule has 118 valence electrons. The molecule has 0 saturated heterocycles. The van der Waals surface area contributed by atoms with E-state index >= 15 is 0 Å². The SMILES string of the molecule is CCO[C@H]1C[C@H]2c3cnccc3[C@@H]1C(OC)OCCN2C#N. The van der Waals surface area contributed by atoms with E-state index in [9.17, 15) is 5.26 Å². The number of nitrogens with zero attached hydrogens (tertiary/aromatic N) is 3. The van der Waals surface area contributed by atoms with E-state index in [1.807, 2.05) is 19.2 Å². The number of aromatic nitrogens is 1. The lowest BCUT2D eigenvalue weighted by atomic mass is 9.78. The Labute approximate surface area is 130 Å². The second kappa shape index (κ2) is 6.61. The molecule has 1 unspecified atom stereocenters. The quantitative estimate of drug-likeness (QED) is 0.793. The average Bonchev–Trinajstić information content (AvgIpc) is 2.66. The molecule has 1 aliphatic heterocycles. The molecule has 0 spiro atoms.